The summed E-state index contributed by atoms with van der Waals surface area (Å²) in [6, 6.07) is 8.45. The molecule has 1 aliphatic carbocycles. The molecule has 3 fully saturated rings. The molecule has 2 saturated heterocycles. The molecule has 2 aliphatic heterocycles. The van der Waals surface area contributed by atoms with Gasteiger partial charge in [-0.05, 0) is 80.7 Å². The van der Waals surface area contributed by atoms with Crippen LogP contribution in [-0.4, -0.2) is 58.2 Å². The van der Waals surface area contributed by atoms with E-state index in [0.717, 1.165) is 65.2 Å². The molecule has 3 aromatic rings. The minimum absolute atomic E-state index is 0.0272. The summed E-state index contributed by atoms with van der Waals surface area (Å²) in [5, 5.41) is 4.84. The largest absolute Gasteiger partial charge is 0.373 e. The van der Waals surface area contributed by atoms with Crippen molar-refractivity contribution in [1.82, 2.24) is 19.9 Å². The van der Waals surface area contributed by atoms with Crippen LogP contribution in [0, 0.1) is 17.8 Å². The highest BCUT2D eigenvalue weighted by Crippen LogP contribution is 2.38. The van der Waals surface area contributed by atoms with Gasteiger partial charge in [-0.3, -0.25) is 0 Å². The molecule has 0 bridgehead atoms. The van der Waals surface area contributed by atoms with Crippen molar-refractivity contribution in [2.45, 2.75) is 51.6 Å². The second-order valence-electron chi connectivity index (χ2n) is 11.0. The number of H-pyrrole nitrogens is 1. The van der Waals surface area contributed by atoms with E-state index in [4.69, 9.17) is 42.8 Å². The lowest BCUT2D eigenvalue weighted by Crippen LogP contribution is -2.56. The van der Waals surface area contributed by atoms with Crippen LogP contribution in [0.25, 0.3) is 11.0 Å². The van der Waals surface area contributed by atoms with Gasteiger partial charge in [0.1, 0.15) is 5.52 Å². The van der Waals surface area contributed by atoms with Crippen molar-refractivity contribution in [3.8, 4) is 0 Å². The van der Waals surface area contributed by atoms with Gasteiger partial charge in [0, 0.05) is 41.9 Å². The van der Waals surface area contributed by atoms with Crippen LogP contribution in [0.1, 0.15) is 51.1 Å². The van der Waals surface area contributed by atoms with E-state index in [9.17, 15) is 0 Å². The van der Waals surface area contributed by atoms with Gasteiger partial charge in [-0.1, -0.05) is 36.2 Å². The highest BCUT2D eigenvalue weighted by atomic mass is 35.5. The zero-order valence-corrected chi connectivity index (χ0v) is 23.3. The Morgan fingerprint density at radius 2 is 1.87 bits per heavy atom. The summed E-state index contributed by atoms with van der Waals surface area (Å²) < 4.78 is 0. The van der Waals surface area contributed by atoms with Gasteiger partial charge >= 0.3 is 6.15 Å². The quantitative estimate of drug-likeness (QED) is 0.396. The Morgan fingerprint density at radius 1 is 1.11 bits per heavy atom. The van der Waals surface area contributed by atoms with E-state index in [1.54, 1.807) is 6.07 Å². The number of likely N-dealkylation sites (tertiary alicyclic amines) is 1. The number of aromatic nitrogens is 3. The van der Waals surface area contributed by atoms with E-state index in [0.29, 0.717) is 10.0 Å². The molecule has 10 heteroatoms. The molecule has 1 aromatic carbocycles. The van der Waals surface area contributed by atoms with Crippen LogP contribution < -0.4 is 10.2 Å². The Bertz CT molecular complexity index is 1300. The predicted molar refractivity (Wildman–Crippen MR) is 150 cm³/mol. The molecule has 3 aliphatic rings. The van der Waals surface area contributed by atoms with Crippen LogP contribution in [0.2, 0.25) is 10.0 Å². The van der Waals surface area contributed by atoms with Crippen LogP contribution in [0.3, 0.4) is 0 Å². The number of halogens is 2. The van der Waals surface area contributed by atoms with Gasteiger partial charge < -0.3 is 20.1 Å². The molecular weight excluding hydrogens is 523 g/mol. The maximum Gasteiger partial charge on any atom is 0.373 e. The standard InChI is InChI=1S/C27H34Cl2N6.CO2/c1-16-10-21(11-16)34-9-3-4-18(13-34)19-14-35(15-19)27-32-24-7-8-30-25(24)26(33-27)31-17(2)22-6-5-20(28)12-23(22)29;2-1-3/h5-8,12,16-19,21,30H,3-4,9-11,13-15H2,1-2H3,(H,31,32,33);/t16?,17-,18+,21?;/m1./s1. The van der Waals surface area contributed by atoms with Crippen LogP contribution in [0.15, 0.2) is 30.5 Å². The lowest BCUT2D eigenvalue weighted by molar-refractivity contribution is -0.191. The molecule has 0 spiro atoms. The highest BCUT2D eigenvalue weighted by Gasteiger charge is 2.40. The number of fused-ring (bicyclic) bond motifs is 1. The van der Waals surface area contributed by atoms with Gasteiger partial charge in [-0.25, -0.2) is 4.98 Å². The first kappa shape index (κ1) is 26.9. The van der Waals surface area contributed by atoms with Gasteiger partial charge in [0.25, 0.3) is 0 Å². The number of benzene rings is 1. The summed E-state index contributed by atoms with van der Waals surface area (Å²) in [5.41, 5.74) is 2.83. The molecule has 6 rings (SSSR count). The average molecular weight is 558 g/mol. The molecule has 202 valence electrons. The SMILES string of the molecule is CC1CC(N2CCC[C@H](C3CN(c4nc(N[C@H](C)c5ccc(Cl)cc5Cl)c5[nH]ccc5n4)C3)C2)C1.O=C=O. The third-order valence-corrected chi connectivity index (χ3v) is 8.95. The Kier molecular flexibility index (Phi) is 8.24. The first-order valence-corrected chi connectivity index (χ1v) is 14.2. The molecule has 0 unspecified atom stereocenters. The van der Waals surface area contributed by atoms with Gasteiger partial charge in [0.05, 0.1) is 11.6 Å². The molecule has 4 heterocycles. The van der Waals surface area contributed by atoms with Crippen molar-refractivity contribution in [2.75, 3.05) is 36.4 Å². The van der Waals surface area contributed by atoms with Crippen LogP contribution in [0.4, 0.5) is 11.8 Å². The van der Waals surface area contributed by atoms with Crippen LogP contribution >= 0.6 is 23.2 Å². The van der Waals surface area contributed by atoms with Crippen molar-refractivity contribution in [3.63, 3.8) is 0 Å². The lowest BCUT2D eigenvalue weighted by atomic mass is 9.76. The second kappa shape index (κ2) is 11.6. The first-order chi connectivity index (χ1) is 18.4. The van der Waals surface area contributed by atoms with E-state index in [1.807, 2.05) is 24.4 Å². The normalized spacial score (nSPS) is 24.5. The van der Waals surface area contributed by atoms with Crippen molar-refractivity contribution in [3.05, 3.63) is 46.1 Å². The molecule has 38 heavy (non-hydrogen) atoms. The lowest BCUT2D eigenvalue weighted by Gasteiger charge is -2.50. The van der Waals surface area contributed by atoms with Gasteiger partial charge in [-0.15, -0.1) is 0 Å². The molecule has 2 N–H and O–H groups in total. The minimum atomic E-state index is -0.0272. The van der Waals surface area contributed by atoms with Crippen molar-refractivity contribution >= 4 is 52.2 Å². The van der Waals surface area contributed by atoms with Gasteiger partial charge in [0.15, 0.2) is 5.82 Å². The zero-order chi connectivity index (χ0) is 26.8. The van der Waals surface area contributed by atoms with Crippen molar-refractivity contribution < 1.29 is 9.59 Å². The number of nitrogens with one attached hydrogen (secondary N) is 2. The highest BCUT2D eigenvalue weighted by molar-refractivity contribution is 6.35. The number of aromatic amines is 1. The maximum absolute atomic E-state index is 8.12. The maximum atomic E-state index is 8.12. The molecule has 1 saturated carbocycles. The van der Waals surface area contributed by atoms with Crippen LogP contribution in [-0.2, 0) is 9.59 Å². The third kappa shape index (κ3) is 5.69. The van der Waals surface area contributed by atoms with E-state index >= 15 is 0 Å². The number of anilines is 2. The summed E-state index contributed by atoms with van der Waals surface area (Å²) in [6.07, 6.45) is 7.66. The summed E-state index contributed by atoms with van der Waals surface area (Å²) in [4.78, 5) is 34.5. The topological polar surface area (TPSA) is 94.2 Å². The summed E-state index contributed by atoms with van der Waals surface area (Å²) >= 11 is 12.6. The molecule has 0 radical (unpaired) electrons. The number of piperidine rings is 1. The molecule has 2 aromatic heterocycles. The molecule has 0 amide bonds. The number of hydrogen-bond donors (Lipinski definition) is 2. The molecule has 8 nitrogen and oxygen atoms in total. The number of carbonyl (C=O) groups excluding carboxylic acids is 2. The van der Waals surface area contributed by atoms with E-state index in [-0.39, 0.29) is 12.2 Å². The Labute approximate surface area is 233 Å². The molecule has 2 atom stereocenters. The zero-order valence-electron chi connectivity index (χ0n) is 21.8. The van der Waals surface area contributed by atoms with Crippen LogP contribution in [0.5, 0.6) is 0 Å². The fraction of sp³-hybridized carbons (Fsp3) is 0.536. The number of nitrogens with zero attached hydrogens (tertiary/aromatic N) is 4. The Balaban J connectivity index is 0.000000937. The number of hydrogen-bond acceptors (Lipinski definition) is 7. The second-order valence-corrected chi connectivity index (χ2v) is 11.9. The van der Waals surface area contributed by atoms with E-state index < -0.39 is 0 Å². The monoisotopic (exact) mass is 556 g/mol. The average Bonchev–Trinajstić information content (AvgIpc) is 3.31. The summed E-state index contributed by atoms with van der Waals surface area (Å²) in [5.74, 6) is 4.08. The number of rotatable bonds is 6. The predicted octanol–water partition coefficient (Wildman–Crippen LogP) is 5.80. The minimum Gasteiger partial charge on any atom is -0.362 e. The molecular formula is C28H34Cl2N6O2. The third-order valence-electron chi connectivity index (χ3n) is 8.39. The fourth-order valence-corrected chi connectivity index (χ4v) is 6.78. The van der Waals surface area contributed by atoms with Crippen molar-refractivity contribution in [2.24, 2.45) is 17.8 Å². The Hall–Kier alpha value is -2.64. The summed E-state index contributed by atoms with van der Waals surface area (Å²) in [7, 11) is 0. The van der Waals surface area contributed by atoms with E-state index in [1.165, 1.54) is 38.8 Å². The summed E-state index contributed by atoms with van der Waals surface area (Å²) in [6.45, 7) is 9.14. The first-order valence-electron chi connectivity index (χ1n) is 13.4. The fourth-order valence-electron chi connectivity index (χ4n) is 6.20. The van der Waals surface area contributed by atoms with Gasteiger partial charge in [0.2, 0.25) is 5.95 Å². The van der Waals surface area contributed by atoms with E-state index in [2.05, 4.69) is 33.9 Å². The van der Waals surface area contributed by atoms with Crippen molar-refractivity contribution in [1.29, 1.82) is 0 Å². The smallest absolute Gasteiger partial charge is 0.362 e. The van der Waals surface area contributed by atoms with Gasteiger partial charge in [-0.2, -0.15) is 14.6 Å². The Morgan fingerprint density at radius 3 is 2.58 bits per heavy atom.